The van der Waals surface area contributed by atoms with Crippen molar-refractivity contribution in [3.8, 4) is 0 Å². The van der Waals surface area contributed by atoms with Crippen LogP contribution in [0.2, 0.25) is 0 Å². The van der Waals surface area contributed by atoms with Crippen LogP contribution in [0.15, 0.2) is 0 Å². The molecule has 0 spiro atoms. The van der Waals surface area contributed by atoms with Gasteiger partial charge in [0.25, 0.3) is 5.97 Å². The fourth-order valence-corrected chi connectivity index (χ4v) is 0.501. The van der Waals surface area contributed by atoms with E-state index in [1.54, 1.807) is 0 Å². The highest BCUT2D eigenvalue weighted by Crippen LogP contribution is 1.80. The van der Waals surface area contributed by atoms with Gasteiger partial charge in [0, 0.05) is 13.5 Å². The second kappa shape index (κ2) is 5.56. The predicted octanol–water partition coefficient (Wildman–Crippen LogP) is -1.41. The first kappa shape index (κ1) is 10.9. The molecule has 6 nitrogen and oxygen atoms in total. The van der Waals surface area contributed by atoms with Gasteiger partial charge in [-0.3, -0.25) is 14.8 Å². The van der Waals surface area contributed by atoms with E-state index >= 15 is 0 Å². The molecule has 7 heteroatoms. The summed E-state index contributed by atoms with van der Waals surface area (Å²) in [6, 6.07) is 0. The Labute approximate surface area is 69.7 Å². The average Bonchev–Trinajstić information content (AvgIpc) is 1.84. The van der Waals surface area contributed by atoms with Crippen molar-refractivity contribution in [2.24, 2.45) is 0 Å². The standard InChI is InChI=1S/C5H10BNO5/c1-4(8)12-6(11)7-3-2-5(9)10/h7,11H,2-3H2,1H3,(H,9,10). The molecule has 0 aromatic rings. The maximum absolute atomic E-state index is 10.2. The van der Waals surface area contributed by atoms with E-state index in [9.17, 15) is 9.59 Å². The normalized spacial score (nSPS) is 9.17. The van der Waals surface area contributed by atoms with Crippen LogP contribution in [-0.4, -0.2) is 35.9 Å². The molecule has 0 aliphatic rings. The van der Waals surface area contributed by atoms with Gasteiger partial charge in [0.1, 0.15) is 0 Å². The van der Waals surface area contributed by atoms with Crippen LogP contribution in [0.3, 0.4) is 0 Å². The second-order valence-corrected chi connectivity index (χ2v) is 2.06. The average molecular weight is 175 g/mol. The minimum atomic E-state index is -1.43. The van der Waals surface area contributed by atoms with E-state index in [4.69, 9.17) is 10.1 Å². The van der Waals surface area contributed by atoms with Crippen molar-refractivity contribution >= 4 is 19.2 Å². The molecule has 68 valence electrons. The van der Waals surface area contributed by atoms with Crippen molar-refractivity contribution in [1.29, 1.82) is 0 Å². The van der Waals surface area contributed by atoms with Gasteiger partial charge in [0.05, 0.1) is 6.42 Å². The SMILES string of the molecule is CC(=O)OB(O)NCCC(=O)O. The summed E-state index contributed by atoms with van der Waals surface area (Å²) in [4.78, 5) is 20.2. The molecule has 0 amide bonds. The highest BCUT2D eigenvalue weighted by molar-refractivity contribution is 6.42. The van der Waals surface area contributed by atoms with Crippen LogP contribution in [0.5, 0.6) is 0 Å². The highest BCUT2D eigenvalue weighted by Gasteiger charge is 2.16. The molecule has 0 unspecified atom stereocenters. The third-order valence-electron chi connectivity index (χ3n) is 0.935. The zero-order valence-electron chi connectivity index (χ0n) is 6.61. The zero-order valence-corrected chi connectivity index (χ0v) is 6.61. The van der Waals surface area contributed by atoms with Gasteiger partial charge in [-0.1, -0.05) is 0 Å². The maximum Gasteiger partial charge on any atom is 0.625 e. The van der Waals surface area contributed by atoms with Gasteiger partial charge in [-0.2, -0.15) is 0 Å². The zero-order chi connectivity index (χ0) is 9.56. The first-order valence-electron chi connectivity index (χ1n) is 3.33. The molecule has 0 radical (unpaired) electrons. The molecule has 0 aromatic heterocycles. The van der Waals surface area contributed by atoms with Gasteiger partial charge in [-0.25, -0.2) is 0 Å². The Balaban J connectivity index is 3.37. The minimum absolute atomic E-state index is 0.0454. The summed E-state index contributed by atoms with van der Waals surface area (Å²) in [5.41, 5.74) is 0. The summed E-state index contributed by atoms with van der Waals surface area (Å²) in [5.74, 6) is -1.62. The van der Waals surface area contributed by atoms with E-state index in [-0.39, 0.29) is 13.0 Å². The molecular weight excluding hydrogens is 165 g/mol. The van der Waals surface area contributed by atoms with Gasteiger partial charge in [0.15, 0.2) is 0 Å². The van der Waals surface area contributed by atoms with Crippen LogP contribution in [0.1, 0.15) is 13.3 Å². The van der Waals surface area contributed by atoms with E-state index in [1.807, 2.05) is 0 Å². The number of hydrogen-bond acceptors (Lipinski definition) is 5. The van der Waals surface area contributed by atoms with Crippen molar-refractivity contribution < 1.29 is 24.4 Å². The Hall–Kier alpha value is -1.08. The van der Waals surface area contributed by atoms with E-state index < -0.39 is 19.2 Å². The maximum atomic E-state index is 10.2. The third kappa shape index (κ3) is 7.04. The fraction of sp³-hybridized carbons (Fsp3) is 0.600. The fourth-order valence-electron chi connectivity index (χ4n) is 0.501. The monoisotopic (exact) mass is 175 g/mol. The van der Waals surface area contributed by atoms with Gasteiger partial charge in [-0.05, 0) is 0 Å². The molecule has 0 rings (SSSR count). The molecule has 0 fully saturated rings. The molecule has 0 bridgehead atoms. The number of hydrogen-bond donors (Lipinski definition) is 3. The summed E-state index contributed by atoms with van der Waals surface area (Å²) in [6.45, 7) is 1.19. The molecule has 0 saturated heterocycles. The molecular formula is C5H10BNO5. The molecule has 12 heavy (non-hydrogen) atoms. The summed E-state index contributed by atoms with van der Waals surface area (Å²) < 4.78 is 4.24. The molecule has 0 aliphatic heterocycles. The lowest BCUT2D eigenvalue weighted by molar-refractivity contribution is -0.136. The molecule has 0 aromatic carbocycles. The van der Waals surface area contributed by atoms with Crippen LogP contribution < -0.4 is 5.23 Å². The molecule has 0 atom stereocenters. The summed E-state index contributed by atoms with van der Waals surface area (Å²) in [5, 5.41) is 19.2. The van der Waals surface area contributed by atoms with E-state index in [1.165, 1.54) is 0 Å². The molecule has 3 N–H and O–H groups in total. The summed E-state index contributed by atoms with van der Waals surface area (Å²) >= 11 is 0. The van der Waals surface area contributed by atoms with Crippen LogP contribution >= 0.6 is 0 Å². The molecule has 0 saturated carbocycles. The van der Waals surface area contributed by atoms with Crippen LogP contribution in [0.4, 0.5) is 0 Å². The Bertz CT molecular complexity index is 173. The number of rotatable bonds is 5. The lowest BCUT2D eigenvalue weighted by atomic mass is 10.1. The van der Waals surface area contributed by atoms with Gasteiger partial charge in [0.2, 0.25) is 0 Å². The van der Waals surface area contributed by atoms with Crippen LogP contribution in [0.25, 0.3) is 0 Å². The number of nitrogens with one attached hydrogen (secondary N) is 1. The van der Waals surface area contributed by atoms with Crippen molar-refractivity contribution in [3.63, 3.8) is 0 Å². The van der Waals surface area contributed by atoms with E-state index in [2.05, 4.69) is 9.88 Å². The first-order valence-corrected chi connectivity index (χ1v) is 3.33. The largest absolute Gasteiger partial charge is 0.625 e. The number of carboxylic acid groups (broad SMARTS) is 1. The van der Waals surface area contributed by atoms with Gasteiger partial charge in [-0.15, -0.1) is 0 Å². The summed E-state index contributed by atoms with van der Waals surface area (Å²) in [6.07, 6.45) is -0.141. The predicted molar refractivity (Wildman–Crippen MR) is 40.0 cm³/mol. The van der Waals surface area contributed by atoms with Crippen molar-refractivity contribution in [2.75, 3.05) is 6.54 Å². The lowest BCUT2D eigenvalue weighted by Gasteiger charge is -2.05. The van der Waals surface area contributed by atoms with Crippen molar-refractivity contribution in [2.45, 2.75) is 13.3 Å². The number of carbonyl (C=O) groups excluding carboxylic acids is 1. The second-order valence-electron chi connectivity index (χ2n) is 2.06. The number of aliphatic carboxylic acids is 1. The van der Waals surface area contributed by atoms with E-state index in [0.29, 0.717) is 0 Å². The Kier molecular flexibility index (Phi) is 5.06. The van der Waals surface area contributed by atoms with Gasteiger partial charge < -0.3 is 14.8 Å². The summed E-state index contributed by atoms with van der Waals surface area (Å²) in [7, 11) is -1.43. The van der Waals surface area contributed by atoms with Crippen LogP contribution in [0, 0.1) is 0 Å². The topological polar surface area (TPSA) is 95.9 Å². The highest BCUT2D eigenvalue weighted by atomic mass is 16.6. The minimum Gasteiger partial charge on any atom is -0.496 e. The third-order valence-corrected chi connectivity index (χ3v) is 0.935. The Morgan fingerprint density at radius 3 is 2.58 bits per heavy atom. The van der Waals surface area contributed by atoms with Crippen molar-refractivity contribution in [3.05, 3.63) is 0 Å². The number of carboxylic acids is 1. The van der Waals surface area contributed by atoms with E-state index in [0.717, 1.165) is 6.92 Å². The van der Waals surface area contributed by atoms with Gasteiger partial charge >= 0.3 is 13.2 Å². The Morgan fingerprint density at radius 1 is 1.58 bits per heavy atom. The number of carbonyl (C=O) groups is 2. The Morgan fingerprint density at radius 2 is 2.17 bits per heavy atom. The van der Waals surface area contributed by atoms with Crippen molar-refractivity contribution in [1.82, 2.24) is 5.23 Å². The lowest BCUT2D eigenvalue weighted by Crippen LogP contribution is -2.39. The smallest absolute Gasteiger partial charge is 0.496 e. The molecule has 0 aliphatic carbocycles. The van der Waals surface area contributed by atoms with Crippen LogP contribution in [-0.2, 0) is 14.2 Å². The first-order chi connectivity index (χ1) is 5.52. The quantitative estimate of drug-likeness (QED) is 0.444. The molecule has 0 heterocycles.